The van der Waals surface area contributed by atoms with E-state index in [0.717, 1.165) is 6.42 Å². The van der Waals surface area contributed by atoms with Crippen LogP contribution in [0.4, 0.5) is 0 Å². The van der Waals surface area contributed by atoms with Gasteiger partial charge in [-0.1, -0.05) is 19.9 Å². The minimum Gasteiger partial charge on any atom is -0.458 e. The number of rotatable bonds is 4. The Labute approximate surface area is 74.6 Å². The number of esters is 1. The molecule has 0 N–H and O–H groups in total. The van der Waals surface area contributed by atoms with Gasteiger partial charge in [-0.25, -0.2) is 0 Å². The molecule has 1 atom stereocenters. The van der Waals surface area contributed by atoms with Crippen LogP contribution < -0.4 is 0 Å². The Morgan fingerprint density at radius 1 is 1.50 bits per heavy atom. The molecular formula is C10H18O2. The van der Waals surface area contributed by atoms with Crippen LogP contribution in [0.1, 0.15) is 34.1 Å². The molecule has 12 heavy (non-hydrogen) atoms. The molecule has 0 fully saturated rings. The van der Waals surface area contributed by atoms with E-state index in [-0.39, 0.29) is 12.1 Å². The van der Waals surface area contributed by atoms with Crippen molar-refractivity contribution in [2.45, 2.75) is 40.2 Å². The van der Waals surface area contributed by atoms with Gasteiger partial charge in [0.05, 0.1) is 0 Å². The highest BCUT2D eigenvalue weighted by Gasteiger charge is 2.09. The lowest BCUT2D eigenvalue weighted by atomic mass is 10.1. The quantitative estimate of drug-likeness (QED) is 0.478. The van der Waals surface area contributed by atoms with Gasteiger partial charge in [0.25, 0.3) is 0 Å². The SMILES string of the molecule is C/C=C/[C@@H](CC(C)C)OC(C)=O. The van der Waals surface area contributed by atoms with Gasteiger partial charge in [-0.3, -0.25) is 4.79 Å². The molecule has 0 aliphatic carbocycles. The average Bonchev–Trinajstić information content (AvgIpc) is 1.84. The normalized spacial score (nSPS) is 13.8. The molecule has 0 unspecified atom stereocenters. The van der Waals surface area contributed by atoms with E-state index in [2.05, 4.69) is 13.8 Å². The van der Waals surface area contributed by atoms with Crippen LogP contribution in [0.25, 0.3) is 0 Å². The number of carbonyl (C=O) groups excluding carboxylic acids is 1. The number of allylic oxidation sites excluding steroid dienone is 1. The van der Waals surface area contributed by atoms with Gasteiger partial charge in [0.1, 0.15) is 6.10 Å². The molecule has 0 saturated carbocycles. The number of hydrogen-bond acceptors (Lipinski definition) is 2. The summed E-state index contributed by atoms with van der Waals surface area (Å²) in [4.78, 5) is 10.7. The molecule has 0 amide bonds. The maximum absolute atomic E-state index is 10.7. The monoisotopic (exact) mass is 170 g/mol. The van der Waals surface area contributed by atoms with Crippen molar-refractivity contribution in [3.63, 3.8) is 0 Å². The van der Waals surface area contributed by atoms with Crippen LogP contribution >= 0.6 is 0 Å². The second-order valence-electron chi connectivity index (χ2n) is 3.30. The zero-order chi connectivity index (χ0) is 9.56. The summed E-state index contributed by atoms with van der Waals surface area (Å²) in [6.07, 6.45) is 4.67. The lowest BCUT2D eigenvalue weighted by Gasteiger charge is -2.14. The van der Waals surface area contributed by atoms with Gasteiger partial charge in [-0.05, 0) is 25.3 Å². The van der Waals surface area contributed by atoms with Crippen molar-refractivity contribution in [2.24, 2.45) is 5.92 Å². The van der Waals surface area contributed by atoms with Gasteiger partial charge >= 0.3 is 5.97 Å². The van der Waals surface area contributed by atoms with E-state index in [1.54, 1.807) is 0 Å². The summed E-state index contributed by atoms with van der Waals surface area (Å²) >= 11 is 0. The maximum atomic E-state index is 10.7. The first-order chi connectivity index (χ1) is 5.56. The van der Waals surface area contributed by atoms with Gasteiger partial charge in [0.2, 0.25) is 0 Å². The third kappa shape index (κ3) is 5.96. The Kier molecular flexibility index (Phi) is 5.43. The topological polar surface area (TPSA) is 26.3 Å². The van der Waals surface area contributed by atoms with Crippen LogP contribution in [-0.4, -0.2) is 12.1 Å². The average molecular weight is 170 g/mol. The predicted octanol–water partition coefficient (Wildman–Crippen LogP) is 2.54. The lowest BCUT2D eigenvalue weighted by Crippen LogP contribution is -2.15. The zero-order valence-corrected chi connectivity index (χ0v) is 8.33. The third-order valence-corrected chi connectivity index (χ3v) is 1.43. The highest BCUT2D eigenvalue weighted by atomic mass is 16.5. The summed E-state index contributed by atoms with van der Waals surface area (Å²) in [6, 6.07) is 0. The highest BCUT2D eigenvalue weighted by Crippen LogP contribution is 2.09. The standard InChI is InChI=1S/C10H18O2/c1-5-6-10(7-8(2)3)12-9(4)11/h5-6,8,10H,7H2,1-4H3/b6-5+/t10-/m0/s1. The van der Waals surface area contributed by atoms with E-state index in [1.165, 1.54) is 6.92 Å². The van der Waals surface area contributed by atoms with Crippen molar-refractivity contribution in [2.75, 3.05) is 0 Å². The number of hydrogen-bond donors (Lipinski definition) is 0. The highest BCUT2D eigenvalue weighted by molar-refractivity contribution is 5.66. The van der Waals surface area contributed by atoms with Gasteiger partial charge in [-0.2, -0.15) is 0 Å². The number of ether oxygens (including phenoxy) is 1. The van der Waals surface area contributed by atoms with Crippen LogP contribution in [0.3, 0.4) is 0 Å². The fourth-order valence-electron chi connectivity index (χ4n) is 1.06. The van der Waals surface area contributed by atoms with Crippen LogP contribution in [0.5, 0.6) is 0 Å². The van der Waals surface area contributed by atoms with E-state index in [0.29, 0.717) is 5.92 Å². The van der Waals surface area contributed by atoms with Crippen LogP contribution in [0.2, 0.25) is 0 Å². The minimum atomic E-state index is -0.209. The fourth-order valence-corrected chi connectivity index (χ4v) is 1.06. The van der Waals surface area contributed by atoms with Crippen LogP contribution in [0, 0.1) is 5.92 Å². The van der Waals surface area contributed by atoms with Gasteiger partial charge in [0.15, 0.2) is 0 Å². The summed E-state index contributed by atoms with van der Waals surface area (Å²) < 4.78 is 5.08. The fraction of sp³-hybridized carbons (Fsp3) is 0.700. The van der Waals surface area contributed by atoms with Gasteiger partial charge < -0.3 is 4.74 Å². The summed E-state index contributed by atoms with van der Waals surface area (Å²) in [7, 11) is 0. The second-order valence-corrected chi connectivity index (χ2v) is 3.30. The van der Waals surface area contributed by atoms with E-state index in [4.69, 9.17) is 4.74 Å². The first-order valence-electron chi connectivity index (χ1n) is 4.36. The Bertz CT molecular complexity index is 159. The molecule has 0 saturated heterocycles. The first-order valence-corrected chi connectivity index (χ1v) is 4.36. The minimum absolute atomic E-state index is 0.0486. The molecule has 0 aromatic heterocycles. The number of carbonyl (C=O) groups is 1. The van der Waals surface area contributed by atoms with E-state index < -0.39 is 0 Å². The summed E-state index contributed by atoms with van der Waals surface area (Å²) in [6.45, 7) is 7.59. The zero-order valence-electron chi connectivity index (χ0n) is 8.33. The molecule has 0 rings (SSSR count). The van der Waals surface area contributed by atoms with Crippen LogP contribution in [0.15, 0.2) is 12.2 Å². The molecular weight excluding hydrogens is 152 g/mol. The molecule has 0 spiro atoms. The molecule has 2 nitrogen and oxygen atoms in total. The molecule has 0 heterocycles. The van der Waals surface area contributed by atoms with E-state index in [9.17, 15) is 4.79 Å². The second kappa shape index (κ2) is 5.81. The molecule has 0 radical (unpaired) electrons. The Balaban J connectivity index is 3.95. The van der Waals surface area contributed by atoms with E-state index >= 15 is 0 Å². The van der Waals surface area contributed by atoms with Crippen molar-refractivity contribution in [1.29, 1.82) is 0 Å². The maximum Gasteiger partial charge on any atom is 0.303 e. The van der Waals surface area contributed by atoms with Crippen molar-refractivity contribution < 1.29 is 9.53 Å². The molecule has 0 aromatic rings. The lowest BCUT2D eigenvalue weighted by molar-refractivity contribution is -0.144. The van der Waals surface area contributed by atoms with Crippen molar-refractivity contribution in [3.8, 4) is 0 Å². The van der Waals surface area contributed by atoms with Crippen molar-refractivity contribution in [1.82, 2.24) is 0 Å². The van der Waals surface area contributed by atoms with E-state index in [1.807, 2.05) is 19.1 Å². The molecule has 2 heteroatoms. The van der Waals surface area contributed by atoms with Gasteiger partial charge in [-0.15, -0.1) is 0 Å². The van der Waals surface area contributed by atoms with Gasteiger partial charge in [0, 0.05) is 6.92 Å². The molecule has 0 aromatic carbocycles. The molecule has 0 aliphatic heterocycles. The molecule has 0 aliphatic rings. The summed E-state index contributed by atoms with van der Waals surface area (Å²) in [5.41, 5.74) is 0. The first kappa shape index (κ1) is 11.2. The molecule has 0 bridgehead atoms. The Morgan fingerprint density at radius 3 is 2.42 bits per heavy atom. The van der Waals surface area contributed by atoms with Crippen molar-refractivity contribution >= 4 is 5.97 Å². The third-order valence-electron chi connectivity index (χ3n) is 1.43. The predicted molar refractivity (Wildman–Crippen MR) is 49.8 cm³/mol. The molecule has 70 valence electrons. The largest absolute Gasteiger partial charge is 0.458 e. The smallest absolute Gasteiger partial charge is 0.303 e. The Hall–Kier alpha value is -0.790. The Morgan fingerprint density at radius 2 is 2.08 bits per heavy atom. The summed E-state index contributed by atoms with van der Waals surface area (Å²) in [5.74, 6) is 0.337. The summed E-state index contributed by atoms with van der Waals surface area (Å²) in [5, 5.41) is 0. The van der Waals surface area contributed by atoms with Crippen LogP contribution in [-0.2, 0) is 9.53 Å². The van der Waals surface area contributed by atoms with Crippen molar-refractivity contribution in [3.05, 3.63) is 12.2 Å².